The fourth-order valence-electron chi connectivity index (χ4n) is 0.978. The number of allylic oxidation sites excluding steroid dienone is 2. The molecule has 4 nitrogen and oxygen atoms in total. The van der Waals surface area contributed by atoms with Crippen LogP contribution in [0.3, 0.4) is 0 Å². The van der Waals surface area contributed by atoms with Crippen molar-refractivity contribution in [2.45, 2.75) is 0 Å². The summed E-state index contributed by atoms with van der Waals surface area (Å²) in [7, 11) is 1.87. The molecular weight excluding hydrogens is 290 g/mol. The minimum atomic E-state index is 0. The molecule has 0 radical (unpaired) electrons. The Kier molecular flexibility index (Phi) is 2.84. The Morgan fingerprint density at radius 3 is 3.00 bits per heavy atom. The van der Waals surface area contributed by atoms with E-state index in [-0.39, 0.29) is 24.0 Å². The second-order valence-electron chi connectivity index (χ2n) is 2.28. The Hall–Kier alpha value is -0.430. The normalized spacial score (nSPS) is 19.2. The number of hydrogen-bond acceptors (Lipinski definition) is 4. The summed E-state index contributed by atoms with van der Waals surface area (Å²) in [6.45, 7) is 0. The first kappa shape index (κ1) is 9.66. The zero-order valence-corrected chi connectivity index (χ0v) is 9.45. The van der Waals surface area contributed by atoms with E-state index < -0.39 is 0 Å². The topological polar surface area (TPSA) is 30.9 Å². The molecule has 2 heterocycles. The van der Waals surface area contributed by atoms with Gasteiger partial charge in [0.1, 0.15) is 17.3 Å². The minimum absolute atomic E-state index is 0. The Morgan fingerprint density at radius 1 is 1.50 bits per heavy atom. The standard InChI is InChI=1S/C6H7ClN4.HI/c1-10-6-3-2-5(7)9-11(6)4-8-10;/h2-4,9H,1H3;1H. The van der Waals surface area contributed by atoms with E-state index in [4.69, 9.17) is 11.6 Å². The monoisotopic (exact) mass is 298 g/mol. The summed E-state index contributed by atoms with van der Waals surface area (Å²) in [5, 5.41) is 8.13. The number of halogens is 2. The number of fused-ring (bicyclic) bond motifs is 1. The van der Waals surface area contributed by atoms with Crippen molar-refractivity contribution in [3.8, 4) is 0 Å². The van der Waals surface area contributed by atoms with Crippen LogP contribution in [0.5, 0.6) is 0 Å². The SMILES string of the molecule is CN1N=CN2NC(Cl)=CC=C12.I. The predicted octanol–water partition coefficient (Wildman–Crippen LogP) is 1.23. The van der Waals surface area contributed by atoms with Crippen molar-refractivity contribution in [1.82, 2.24) is 15.4 Å². The summed E-state index contributed by atoms with van der Waals surface area (Å²) >= 11 is 5.71. The van der Waals surface area contributed by atoms with Crippen LogP contribution in [0.1, 0.15) is 0 Å². The summed E-state index contributed by atoms with van der Waals surface area (Å²) in [6.07, 6.45) is 5.35. The Morgan fingerprint density at radius 2 is 2.25 bits per heavy atom. The van der Waals surface area contributed by atoms with Crippen molar-refractivity contribution in [1.29, 1.82) is 0 Å². The molecule has 0 spiro atoms. The fraction of sp³-hybridized carbons (Fsp3) is 0.167. The molecule has 2 aliphatic rings. The summed E-state index contributed by atoms with van der Waals surface area (Å²) in [4.78, 5) is 0. The minimum Gasteiger partial charge on any atom is -0.281 e. The van der Waals surface area contributed by atoms with Crippen molar-refractivity contribution >= 4 is 41.9 Å². The Bertz CT molecular complexity index is 273. The third-order valence-electron chi connectivity index (χ3n) is 1.52. The van der Waals surface area contributed by atoms with E-state index in [1.807, 2.05) is 13.1 Å². The van der Waals surface area contributed by atoms with Crippen LogP contribution in [0, 0.1) is 0 Å². The smallest absolute Gasteiger partial charge is 0.149 e. The van der Waals surface area contributed by atoms with E-state index in [1.54, 1.807) is 22.4 Å². The van der Waals surface area contributed by atoms with Crippen molar-refractivity contribution in [2.75, 3.05) is 7.05 Å². The summed E-state index contributed by atoms with van der Waals surface area (Å²) in [5.74, 6) is 0.967. The third-order valence-corrected chi connectivity index (χ3v) is 1.74. The molecule has 0 amide bonds. The van der Waals surface area contributed by atoms with Gasteiger partial charge in [-0.2, -0.15) is 5.10 Å². The first-order chi connectivity index (χ1) is 5.27. The van der Waals surface area contributed by atoms with Gasteiger partial charge in [-0.1, -0.05) is 11.6 Å². The molecular formula is C6H8ClIN4. The van der Waals surface area contributed by atoms with Crippen LogP contribution < -0.4 is 5.43 Å². The van der Waals surface area contributed by atoms with Gasteiger partial charge in [-0.3, -0.25) is 5.43 Å². The van der Waals surface area contributed by atoms with Crippen LogP contribution in [0.25, 0.3) is 0 Å². The van der Waals surface area contributed by atoms with E-state index in [0.717, 1.165) is 5.82 Å². The molecule has 66 valence electrons. The maximum absolute atomic E-state index is 5.71. The molecule has 0 atom stereocenters. The van der Waals surface area contributed by atoms with Crippen molar-refractivity contribution in [3.05, 3.63) is 23.1 Å². The van der Waals surface area contributed by atoms with Crippen LogP contribution >= 0.6 is 35.6 Å². The van der Waals surface area contributed by atoms with Gasteiger partial charge in [0.15, 0.2) is 0 Å². The van der Waals surface area contributed by atoms with Crippen molar-refractivity contribution in [2.24, 2.45) is 5.10 Å². The zero-order valence-electron chi connectivity index (χ0n) is 6.36. The third kappa shape index (κ3) is 1.51. The molecule has 0 fully saturated rings. The highest BCUT2D eigenvalue weighted by Crippen LogP contribution is 2.17. The molecule has 0 aliphatic carbocycles. The molecule has 0 aromatic rings. The van der Waals surface area contributed by atoms with Gasteiger partial charge >= 0.3 is 0 Å². The molecule has 1 N–H and O–H groups in total. The van der Waals surface area contributed by atoms with Crippen molar-refractivity contribution in [3.63, 3.8) is 0 Å². The van der Waals surface area contributed by atoms with Crippen LogP contribution in [0.4, 0.5) is 0 Å². The average Bonchev–Trinajstić information content (AvgIpc) is 2.32. The van der Waals surface area contributed by atoms with Gasteiger partial charge < -0.3 is 0 Å². The average molecular weight is 299 g/mol. The zero-order chi connectivity index (χ0) is 7.84. The lowest BCUT2D eigenvalue weighted by Gasteiger charge is -2.23. The summed E-state index contributed by atoms with van der Waals surface area (Å²) < 4.78 is 0. The number of rotatable bonds is 0. The van der Waals surface area contributed by atoms with Gasteiger partial charge in [0, 0.05) is 7.05 Å². The molecule has 0 saturated carbocycles. The number of nitrogens with one attached hydrogen (secondary N) is 1. The van der Waals surface area contributed by atoms with E-state index in [0.29, 0.717) is 5.16 Å². The largest absolute Gasteiger partial charge is 0.281 e. The first-order valence-corrected chi connectivity index (χ1v) is 3.56. The van der Waals surface area contributed by atoms with Gasteiger partial charge in [-0.05, 0) is 12.2 Å². The number of hydrogen-bond donors (Lipinski definition) is 1. The highest BCUT2D eigenvalue weighted by molar-refractivity contribution is 14.0. The quantitative estimate of drug-likeness (QED) is 0.539. The maximum Gasteiger partial charge on any atom is 0.149 e. The van der Waals surface area contributed by atoms with E-state index in [2.05, 4.69) is 10.5 Å². The molecule has 0 aromatic heterocycles. The van der Waals surface area contributed by atoms with Gasteiger partial charge in [-0.15, -0.1) is 24.0 Å². The number of nitrogens with zero attached hydrogens (tertiary/aromatic N) is 3. The van der Waals surface area contributed by atoms with Crippen LogP contribution in [-0.2, 0) is 0 Å². The Balaban J connectivity index is 0.000000720. The number of hydrazine groups is 1. The molecule has 0 unspecified atom stereocenters. The molecule has 6 heteroatoms. The highest BCUT2D eigenvalue weighted by Gasteiger charge is 2.19. The van der Waals surface area contributed by atoms with E-state index >= 15 is 0 Å². The number of hydrazone groups is 1. The highest BCUT2D eigenvalue weighted by atomic mass is 127. The first-order valence-electron chi connectivity index (χ1n) is 3.18. The van der Waals surface area contributed by atoms with E-state index in [1.165, 1.54) is 0 Å². The molecule has 0 saturated heterocycles. The lowest BCUT2D eigenvalue weighted by atomic mass is 10.4. The van der Waals surface area contributed by atoms with Gasteiger partial charge in [0.05, 0.1) is 0 Å². The van der Waals surface area contributed by atoms with E-state index in [9.17, 15) is 0 Å². The van der Waals surface area contributed by atoms with Crippen LogP contribution in [0.15, 0.2) is 28.2 Å². The second-order valence-corrected chi connectivity index (χ2v) is 2.68. The summed E-state index contributed by atoms with van der Waals surface area (Å²) in [5.41, 5.74) is 2.91. The Labute approximate surface area is 92.5 Å². The molecule has 2 rings (SSSR count). The molecule has 0 bridgehead atoms. The van der Waals surface area contributed by atoms with Gasteiger partial charge in [-0.25, -0.2) is 10.0 Å². The lowest BCUT2D eigenvalue weighted by Crippen LogP contribution is -2.35. The predicted molar refractivity (Wildman–Crippen MR) is 58.7 cm³/mol. The molecule has 12 heavy (non-hydrogen) atoms. The molecule has 2 aliphatic heterocycles. The van der Waals surface area contributed by atoms with Crippen LogP contribution in [-0.4, -0.2) is 23.4 Å². The van der Waals surface area contributed by atoms with Gasteiger partial charge in [0.25, 0.3) is 0 Å². The second kappa shape index (κ2) is 3.53. The lowest BCUT2D eigenvalue weighted by molar-refractivity contribution is 0.334. The maximum atomic E-state index is 5.71. The molecule has 0 aromatic carbocycles. The summed E-state index contributed by atoms with van der Waals surface area (Å²) in [6, 6.07) is 0. The van der Waals surface area contributed by atoms with Gasteiger partial charge in [0.2, 0.25) is 0 Å². The van der Waals surface area contributed by atoms with Crippen LogP contribution in [0.2, 0.25) is 0 Å². The fourth-order valence-corrected chi connectivity index (χ4v) is 1.13. The van der Waals surface area contributed by atoms with Crippen molar-refractivity contribution < 1.29 is 0 Å².